The third-order valence-electron chi connectivity index (χ3n) is 3.96. The molecule has 0 spiro atoms. The lowest BCUT2D eigenvalue weighted by Gasteiger charge is -2.31. The number of nitrogens with two attached hydrogens (primary N) is 1. The minimum Gasteiger partial charge on any atom is -0.346 e. The average Bonchev–Trinajstić information content (AvgIpc) is 2.84. The highest BCUT2D eigenvalue weighted by atomic mass is 15.1. The molecule has 2 aromatic rings. The minimum atomic E-state index is 0.664. The fraction of sp³-hybridized carbons (Fsp3) is 0.500. The van der Waals surface area contributed by atoms with E-state index in [0.717, 1.165) is 31.8 Å². The number of piperidine rings is 1. The zero-order valence-electron chi connectivity index (χ0n) is 10.6. The Morgan fingerprint density at radius 2 is 2.22 bits per heavy atom. The van der Waals surface area contributed by atoms with E-state index in [2.05, 4.69) is 27.1 Å². The number of H-pyrrole nitrogens is 1. The molecule has 1 aliphatic rings. The Balaban J connectivity index is 1.76. The quantitative estimate of drug-likeness (QED) is 0.864. The van der Waals surface area contributed by atoms with Crippen LogP contribution in [0.15, 0.2) is 24.5 Å². The van der Waals surface area contributed by atoms with E-state index in [1.54, 1.807) is 0 Å². The Morgan fingerprint density at radius 3 is 3.00 bits per heavy atom. The molecule has 3 heterocycles. The highest BCUT2D eigenvalue weighted by Crippen LogP contribution is 2.32. The summed E-state index contributed by atoms with van der Waals surface area (Å²) in [5, 5.41) is 1.29. The number of pyridine rings is 1. The summed E-state index contributed by atoms with van der Waals surface area (Å²) in [6.07, 6.45) is 6.43. The molecule has 1 aliphatic heterocycles. The van der Waals surface area contributed by atoms with Crippen LogP contribution in [0.2, 0.25) is 0 Å². The molecule has 2 aromatic heterocycles. The van der Waals surface area contributed by atoms with Crippen LogP contribution in [-0.2, 0) is 0 Å². The van der Waals surface area contributed by atoms with E-state index in [9.17, 15) is 0 Å². The van der Waals surface area contributed by atoms with Crippen molar-refractivity contribution in [3.8, 4) is 0 Å². The van der Waals surface area contributed by atoms with Crippen molar-refractivity contribution < 1.29 is 0 Å². The van der Waals surface area contributed by atoms with Gasteiger partial charge in [-0.05, 0) is 49.5 Å². The van der Waals surface area contributed by atoms with Crippen LogP contribution in [0.3, 0.4) is 0 Å². The number of aromatic amines is 1. The van der Waals surface area contributed by atoms with Gasteiger partial charge in [0.25, 0.3) is 0 Å². The maximum Gasteiger partial charge on any atom is 0.137 e. The van der Waals surface area contributed by atoms with Crippen molar-refractivity contribution in [2.45, 2.75) is 18.8 Å². The minimum absolute atomic E-state index is 0.664. The molecule has 0 bridgehead atoms. The largest absolute Gasteiger partial charge is 0.346 e. The molecular weight excluding hydrogens is 224 g/mol. The van der Waals surface area contributed by atoms with E-state index >= 15 is 0 Å². The van der Waals surface area contributed by atoms with E-state index in [4.69, 9.17) is 5.73 Å². The summed E-state index contributed by atoms with van der Waals surface area (Å²) < 4.78 is 0. The van der Waals surface area contributed by atoms with Gasteiger partial charge < -0.3 is 15.6 Å². The number of likely N-dealkylation sites (tertiary alicyclic amines) is 1. The predicted molar refractivity (Wildman–Crippen MR) is 73.6 cm³/mol. The van der Waals surface area contributed by atoms with Gasteiger partial charge in [-0.25, -0.2) is 4.98 Å². The van der Waals surface area contributed by atoms with Crippen molar-refractivity contribution in [1.82, 2.24) is 14.9 Å². The number of nitrogens with one attached hydrogen (secondary N) is 1. The fourth-order valence-corrected chi connectivity index (χ4v) is 2.97. The second-order valence-corrected chi connectivity index (χ2v) is 5.05. The van der Waals surface area contributed by atoms with E-state index in [0.29, 0.717) is 5.92 Å². The second-order valence-electron chi connectivity index (χ2n) is 5.05. The van der Waals surface area contributed by atoms with Crippen LogP contribution in [-0.4, -0.2) is 41.0 Å². The summed E-state index contributed by atoms with van der Waals surface area (Å²) in [7, 11) is 0. The van der Waals surface area contributed by atoms with Crippen LogP contribution < -0.4 is 5.73 Å². The number of nitrogens with zero attached hydrogens (tertiary/aromatic N) is 2. The van der Waals surface area contributed by atoms with Crippen molar-refractivity contribution >= 4 is 11.0 Å². The van der Waals surface area contributed by atoms with Crippen LogP contribution in [0.1, 0.15) is 24.3 Å². The number of hydrogen-bond acceptors (Lipinski definition) is 3. The van der Waals surface area contributed by atoms with Crippen LogP contribution in [0, 0.1) is 0 Å². The van der Waals surface area contributed by atoms with Gasteiger partial charge >= 0.3 is 0 Å². The zero-order valence-corrected chi connectivity index (χ0v) is 10.6. The summed E-state index contributed by atoms with van der Waals surface area (Å²) in [5.41, 5.74) is 8.05. The van der Waals surface area contributed by atoms with E-state index in [1.807, 2.05) is 12.3 Å². The first-order chi connectivity index (χ1) is 8.88. The molecule has 1 saturated heterocycles. The Hall–Kier alpha value is -1.39. The molecule has 3 N–H and O–H groups in total. The normalized spacial score (nSPS) is 18.5. The monoisotopic (exact) mass is 244 g/mol. The van der Waals surface area contributed by atoms with Crippen LogP contribution >= 0.6 is 0 Å². The van der Waals surface area contributed by atoms with Gasteiger partial charge in [-0.2, -0.15) is 0 Å². The molecule has 4 nitrogen and oxygen atoms in total. The van der Waals surface area contributed by atoms with Crippen LogP contribution in [0.4, 0.5) is 0 Å². The average molecular weight is 244 g/mol. The van der Waals surface area contributed by atoms with Crippen LogP contribution in [0.5, 0.6) is 0 Å². The first-order valence-electron chi connectivity index (χ1n) is 6.73. The molecule has 0 radical (unpaired) electrons. The Labute approximate surface area is 107 Å². The smallest absolute Gasteiger partial charge is 0.137 e. The Morgan fingerprint density at radius 1 is 1.39 bits per heavy atom. The standard InChI is InChI=1S/C14H20N4/c15-5-9-18-7-3-11(4-8-18)13-10-17-14-12(13)2-1-6-16-14/h1-2,6,10-11H,3-5,7-9,15H2,(H,16,17). The summed E-state index contributed by atoms with van der Waals surface area (Å²) in [6, 6.07) is 4.18. The molecule has 0 amide bonds. The summed E-state index contributed by atoms with van der Waals surface area (Å²) >= 11 is 0. The summed E-state index contributed by atoms with van der Waals surface area (Å²) in [5.74, 6) is 0.664. The van der Waals surface area contributed by atoms with Crippen molar-refractivity contribution in [2.75, 3.05) is 26.2 Å². The predicted octanol–water partition coefficient (Wildman–Crippen LogP) is 1.70. The molecule has 18 heavy (non-hydrogen) atoms. The Kier molecular flexibility index (Phi) is 3.30. The molecule has 4 heteroatoms. The van der Waals surface area contributed by atoms with Crippen LogP contribution in [0.25, 0.3) is 11.0 Å². The van der Waals surface area contributed by atoms with E-state index < -0.39 is 0 Å². The van der Waals surface area contributed by atoms with E-state index in [-0.39, 0.29) is 0 Å². The van der Waals surface area contributed by atoms with Gasteiger partial charge in [0.15, 0.2) is 0 Å². The summed E-state index contributed by atoms with van der Waals surface area (Å²) in [6.45, 7) is 4.12. The lowest BCUT2D eigenvalue weighted by Crippen LogP contribution is -2.36. The first kappa shape index (κ1) is 11.7. The first-order valence-corrected chi connectivity index (χ1v) is 6.73. The Bertz CT molecular complexity index is 511. The third kappa shape index (κ3) is 2.13. The molecule has 0 saturated carbocycles. The highest BCUT2D eigenvalue weighted by Gasteiger charge is 2.22. The van der Waals surface area contributed by atoms with E-state index in [1.165, 1.54) is 23.8 Å². The second kappa shape index (κ2) is 5.08. The van der Waals surface area contributed by atoms with Gasteiger partial charge in [0, 0.05) is 30.9 Å². The van der Waals surface area contributed by atoms with Crippen molar-refractivity contribution in [3.05, 3.63) is 30.1 Å². The molecule has 3 rings (SSSR count). The highest BCUT2D eigenvalue weighted by molar-refractivity contribution is 5.80. The number of aromatic nitrogens is 2. The zero-order chi connectivity index (χ0) is 12.4. The number of hydrogen-bond donors (Lipinski definition) is 2. The molecule has 1 fully saturated rings. The third-order valence-corrected chi connectivity index (χ3v) is 3.96. The van der Waals surface area contributed by atoms with Gasteiger partial charge in [-0.15, -0.1) is 0 Å². The van der Waals surface area contributed by atoms with Crippen molar-refractivity contribution in [3.63, 3.8) is 0 Å². The molecule has 0 unspecified atom stereocenters. The lowest BCUT2D eigenvalue weighted by atomic mass is 9.89. The van der Waals surface area contributed by atoms with Crippen molar-refractivity contribution in [2.24, 2.45) is 5.73 Å². The van der Waals surface area contributed by atoms with Crippen molar-refractivity contribution in [1.29, 1.82) is 0 Å². The summed E-state index contributed by atoms with van der Waals surface area (Å²) in [4.78, 5) is 10.1. The topological polar surface area (TPSA) is 57.9 Å². The molecule has 0 atom stereocenters. The SMILES string of the molecule is NCCN1CCC(c2c[nH]c3ncccc23)CC1. The lowest BCUT2D eigenvalue weighted by molar-refractivity contribution is 0.218. The molecule has 0 aliphatic carbocycles. The van der Waals surface area contributed by atoms with Gasteiger partial charge in [-0.3, -0.25) is 0 Å². The molecule has 96 valence electrons. The number of fused-ring (bicyclic) bond motifs is 1. The maximum atomic E-state index is 5.61. The number of rotatable bonds is 3. The maximum absolute atomic E-state index is 5.61. The van der Waals surface area contributed by atoms with Gasteiger partial charge in [0.2, 0.25) is 0 Å². The fourth-order valence-electron chi connectivity index (χ4n) is 2.97. The van der Waals surface area contributed by atoms with Gasteiger partial charge in [0.1, 0.15) is 5.65 Å². The molecular formula is C14H20N4. The van der Waals surface area contributed by atoms with Gasteiger partial charge in [-0.1, -0.05) is 0 Å². The molecule has 0 aromatic carbocycles. The van der Waals surface area contributed by atoms with Gasteiger partial charge in [0.05, 0.1) is 0 Å².